The van der Waals surface area contributed by atoms with Gasteiger partial charge in [-0.25, -0.2) is 0 Å². The monoisotopic (exact) mass is 333 g/mol. The predicted molar refractivity (Wildman–Crippen MR) is 100 cm³/mol. The fraction of sp³-hybridized carbons (Fsp3) is 0.286. The Morgan fingerprint density at radius 2 is 1.72 bits per heavy atom. The molecule has 4 heteroatoms. The predicted octanol–water partition coefficient (Wildman–Crippen LogP) is 3.48. The molecule has 3 aromatic rings. The van der Waals surface area contributed by atoms with Crippen LogP contribution in [0.5, 0.6) is 0 Å². The molecule has 0 spiro atoms. The molecular weight excluding hydrogens is 310 g/mol. The minimum absolute atomic E-state index is 0.304. The van der Waals surface area contributed by atoms with Gasteiger partial charge in [0.05, 0.1) is 11.8 Å². The number of rotatable bonds is 4. The van der Waals surface area contributed by atoms with Gasteiger partial charge in [-0.1, -0.05) is 54.6 Å². The van der Waals surface area contributed by atoms with Gasteiger partial charge in [-0.2, -0.15) is 5.10 Å². The van der Waals surface area contributed by atoms with E-state index in [-0.39, 0.29) is 6.10 Å². The molecule has 2 heterocycles. The molecule has 0 aliphatic carbocycles. The number of aliphatic hydroxyl groups is 1. The largest absolute Gasteiger partial charge is 0.392 e. The maximum atomic E-state index is 9.66. The SMILES string of the molecule is C[C@@H](O)CN1CCc2[nH]nc(-c3ccc(-c4ccccc4)cc3)c2C1. The second-order valence-corrected chi connectivity index (χ2v) is 6.81. The first kappa shape index (κ1) is 16.1. The Morgan fingerprint density at radius 3 is 2.44 bits per heavy atom. The third-order valence-electron chi connectivity index (χ3n) is 4.80. The zero-order valence-corrected chi connectivity index (χ0v) is 14.4. The number of nitrogens with zero attached hydrogens (tertiary/aromatic N) is 2. The van der Waals surface area contributed by atoms with E-state index in [0.29, 0.717) is 6.54 Å². The van der Waals surface area contributed by atoms with E-state index in [1.807, 2.05) is 13.0 Å². The topological polar surface area (TPSA) is 52.1 Å². The van der Waals surface area contributed by atoms with Crippen LogP contribution in [0, 0.1) is 0 Å². The lowest BCUT2D eigenvalue weighted by Gasteiger charge is -2.27. The van der Waals surface area contributed by atoms with Crippen LogP contribution in [-0.4, -0.2) is 39.4 Å². The molecule has 128 valence electrons. The van der Waals surface area contributed by atoms with Crippen molar-refractivity contribution in [2.75, 3.05) is 13.1 Å². The van der Waals surface area contributed by atoms with Gasteiger partial charge in [-0.05, 0) is 18.1 Å². The van der Waals surface area contributed by atoms with Crippen molar-refractivity contribution in [3.05, 3.63) is 65.9 Å². The summed E-state index contributed by atoms with van der Waals surface area (Å²) in [4.78, 5) is 2.30. The van der Waals surface area contributed by atoms with Crippen molar-refractivity contribution in [2.24, 2.45) is 0 Å². The fourth-order valence-corrected chi connectivity index (χ4v) is 3.57. The van der Waals surface area contributed by atoms with E-state index < -0.39 is 0 Å². The van der Waals surface area contributed by atoms with Gasteiger partial charge >= 0.3 is 0 Å². The van der Waals surface area contributed by atoms with Crippen LogP contribution in [0.25, 0.3) is 22.4 Å². The van der Waals surface area contributed by atoms with E-state index in [1.165, 1.54) is 22.4 Å². The summed E-state index contributed by atoms with van der Waals surface area (Å²) in [5.41, 5.74) is 7.09. The number of benzene rings is 2. The molecule has 0 bridgehead atoms. The van der Waals surface area contributed by atoms with E-state index in [4.69, 9.17) is 0 Å². The molecule has 1 atom stereocenters. The molecule has 4 nitrogen and oxygen atoms in total. The summed E-state index contributed by atoms with van der Waals surface area (Å²) in [5, 5.41) is 17.4. The molecule has 1 aromatic heterocycles. The molecule has 0 unspecified atom stereocenters. The quantitative estimate of drug-likeness (QED) is 0.768. The summed E-state index contributed by atoms with van der Waals surface area (Å²) in [6, 6.07) is 19.0. The van der Waals surface area contributed by atoms with E-state index in [0.717, 1.165) is 30.8 Å². The van der Waals surface area contributed by atoms with Crippen LogP contribution in [0.4, 0.5) is 0 Å². The average Bonchev–Trinajstić information content (AvgIpc) is 3.05. The number of aromatic amines is 1. The average molecular weight is 333 g/mol. The van der Waals surface area contributed by atoms with Crippen molar-refractivity contribution < 1.29 is 5.11 Å². The lowest BCUT2D eigenvalue weighted by molar-refractivity contribution is 0.119. The molecule has 1 aliphatic rings. The molecule has 0 saturated carbocycles. The van der Waals surface area contributed by atoms with Crippen LogP contribution < -0.4 is 0 Å². The van der Waals surface area contributed by atoms with Crippen LogP contribution in [0.1, 0.15) is 18.2 Å². The van der Waals surface area contributed by atoms with Crippen LogP contribution in [-0.2, 0) is 13.0 Å². The number of hydrogen-bond donors (Lipinski definition) is 2. The summed E-state index contributed by atoms with van der Waals surface area (Å²) >= 11 is 0. The smallest absolute Gasteiger partial charge is 0.0968 e. The molecule has 1 aliphatic heterocycles. The number of H-pyrrole nitrogens is 1. The first-order valence-corrected chi connectivity index (χ1v) is 8.83. The first-order valence-electron chi connectivity index (χ1n) is 8.83. The standard InChI is InChI=1S/C21H23N3O/c1-15(25)13-24-12-11-20-19(14-24)21(23-22-20)18-9-7-17(8-10-18)16-5-3-2-4-6-16/h2-10,15,25H,11-14H2,1H3,(H,22,23)/t15-/m1/s1. The maximum absolute atomic E-state index is 9.66. The van der Waals surface area contributed by atoms with Crippen LogP contribution in [0.2, 0.25) is 0 Å². The molecule has 0 amide bonds. The molecule has 0 radical (unpaired) electrons. The van der Waals surface area contributed by atoms with Gasteiger partial charge in [-0.3, -0.25) is 10.00 Å². The minimum atomic E-state index is -0.304. The third-order valence-corrected chi connectivity index (χ3v) is 4.80. The number of aliphatic hydroxyl groups excluding tert-OH is 1. The normalized spacial score (nSPS) is 15.8. The van der Waals surface area contributed by atoms with E-state index in [1.54, 1.807) is 0 Å². The number of aromatic nitrogens is 2. The number of nitrogens with one attached hydrogen (secondary N) is 1. The Bertz CT molecular complexity index is 837. The Balaban J connectivity index is 1.60. The fourth-order valence-electron chi connectivity index (χ4n) is 3.57. The Labute approximate surface area is 148 Å². The summed E-state index contributed by atoms with van der Waals surface area (Å²) < 4.78 is 0. The zero-order chi connectivity index (χ0) is 17.2. The van der Waals surface area contributed by atoms with E-state index >= 15 is 0 Å². The van der Waals surface area contributed by atoms with Crippen LogP contribution in [0.15, 0.2) is 54.6 Å². The van der Waals surface area contributed by atoms with Gasteiger partial charge in [0.1, 0.15) is 0 Å². The molecular formula is C21H23N3O. The van der Waals surface area contributed by atoms with Gasteiger partial charge in [0.25, 0.3) is 0 Å². The zero-order valence-electron chi connectivity index (χ0n) is 14.4. The molecule has 25 heavy (non-hydrogen) atoms. The van der Waals surface area contributed by atoms with Crippen molar-refractivity contribution >= 4 is 0 Å². The highest BCUT2D eigenvalue weighted by Gasteiger charge is 2.23. The highest BCUT2D eigenvalue weighted by atomic mass is 16.3. The van der Waals surface area contributed by atoms with E-state index in [9.17, 15) is 5.11 Å². The van der Waals surface area contributed by atoms with Crippen molar-refractivity contribution in [3.8, 4) is 22.4 Å². The molecule has 2 aromatic carbocycles. The Kier molecular flexibility index (Phi) is 4.38. The molecule has 0 saturated heterocycles. The van der Waals surface area contributed by atoms with Gasteiger partial charge in [0.2, 0.25) is 0 Å². The number of β-amino-alcohol motifs (C(OH)–C–C–N with tert-alkyl or cyclic N) is 1. The molecule has 0 fully saturated rings. The van der Waals surface area contributed by atoms with Gasteiger partial charge in [0.15, 0.2) is 0 Å². The molecule has 2 N–H and O–H groups in total. The molecule has 4 rings (SSSR count). The van der Waals surface area contributed by atoms with Crippen molar-refractivity contribution in [1.29, 1.82) is 0 Å². The lowest BCUT2D eigenvalue weighted by atomic mass is 9.98. The second-order valence-electron chi connectivity index (χ2n) is 6.81. The number of fused-ring (bicyclic) bond motifs is 1. The highest BCUT2D eigenvalue weighted by Crippen LogP contribution is 2.30. The minimum Gasteiger partial charge on any atom is -0.392 e. The highest BCUT2D eigenvalue weighted by molar-refractivity contribution is 5.70. The number of hydrogen-bond acceptors (Lipinski definition) is 3. The lowest BCUT2D eigenvalue weighted by Crippen LogP contribution is -2.35. The van der Waals surface area contributed by atoms with Gasteiger partial charge in [-0.15, -0.1) is 0 Å². The Hall–Kier alpha value is -2.43. The second kappa shape index (κ2) is 6.82. The van der Waals surface area contributed by atoms with Crippen molar-refractivity contribution in [2.45, 2.75) is 26.0 Å². The summed E-state index contributed by atoms with van der Waals surface area (Å²) in [6.07, 6.45) is 0.652. The summed E-state index contributed by atoms with van der Waals surface area (Å²) in [7, 11) is 0. The van der Waals surface area contributed by atoms with Crippen molar-refractivity contribution in [1.82, 2.24) is 15.1 Å². The van der Waals surface area contributed by atoms with Gasteiger partial charge in [0, 0.05) is 42.9 Å². The maximum Gasteiger partial charge on any atom is 0.0968 e. The van der Waals surface area contributed by atoms with E-state index in [2.05, 4.69) is 63.6 Å². The van der Waals surface area contributed by atoms with Crippen molar-refractivity contribution in [3.63, 3.8) is 0 Å². The van der Waals surface area contributed by atoms with Crippen LogP contribution >= 0.6 is 0 Å². The third kappa shape index (κ3) is 3.36. The van der Waals surface area contributed by atoms with Crippen LogP contribution in [0.3, 0.4) is 0 Å². The first-order chi connectivity index (χ1) is 12.2. The summed E-state index contributed by atoms with van der Waals surface area (Å²) in [5.74, 6) is 0. The Morgan fingerprint density at radius 1 is 1.04 bits per heavy atom. The van der Waals surface area contributed by atoms with Gasteiger partial charge < -0.3 is 5.11 Å². The summed E-state index contributed by atoms with van der Waals surface area (Å²) in [6.45, 7) is 4.35.